The van der Waals surface area contributed by atoms with Gasteiger partial charge in [0, 0.05) is 25.7 Å². The largest absolute Gasteiger partial charge is 0.370 e. The van der Waals surface area contributed by atoms with Crippen LogP contribution < -0.4 is 21.7 Å². The van der Waals surface area contributed by atoms with Crippen molar-refractivity contribution in [2.24, 2.45) is 5.73 Å². The van der Waals surface area contributed by atoms with E-state index in [1.807, 2.05) is 0 Å². The van der Waals surface area contributed by atoms with E-state index in [1.165, 1.54) is 6.42 Å². The quantitative estimate of drug-likeness (QED) is 0.256. The molecule has 5 heteroatoms. The topological polar surface area (TPSA) is 88.0 Å². The minimum atomic E-state index is 0.0625. The van der Waals surface area contributed by atoms with E-state index in [-0.39, 0.29) is 5.96 Å². The second-order valence-corrected chi connectivity index (χ2v) is 3.62. The van der Waals surface area contributed by atoms with E-state index in [0.717, 1.165) is 39.0 Å². The van der Waals surface area contributed by atoms with Gasteiger partial charge in [-0.15, -0.1) is 0 Å². The molecule has 1 atom stereocenters. The molecule has 1 heterocycles. The Hall–Kier alpha value is -0.810. The number of nitrogens with two attached hydrogens (primary N) is 1. The van der Waals surface area contributed by atoms with Crippen molar-refractivity contribution >= 4 is 5.96 Å². The first-order valence-electron chi connectivity index (χ1n) is 5.23. The van der Waals surface area contributed by atoms with Gasteiger partial charge in [-0.1, -0.05) is 0 Å². The molecule has 0 aromatic carbocycles. The smallest absolute Gasteiger partial charge is 0.185 e. The summed E-state index contributed by atoms with van der Waals surface area (Å²) >= 11 is 0. The lowest BCUT2D eigenvalue weighted by Gasteiger charge is -2.10. The highest BCUT2D eigenvalue weighted by Crippen LogP contribution is 1.98. The third-order valence-corrected chi connectivity index (χ3v) is 2.34. The van der Waals surface area contributed by atoms with Gasteiger partial charge in [0.15, 0.2) is 5.96 Å². The summed E-state index contributed by atoms with van der Waals surface area (Å²) in [5, 5.41) is 17.5. The number of nitrogens with one attached hydrogen (secondary N) is 3. The van der Waals surface area contributed by atoms with E-state index in [2.05, 4.69) is 16.0 Å². The maximum atomic E-state index is 6.95. The van der Waals surface area contributed by atoms with Gasteiger partial charge in [0.2, 0.25) is 0 Å². The SMILES string of the molecule is N=C(N)NCCCCNC1CC[N]C1. The number of rotatable bonds is 6. The number of unbranched alkanes of at least 4 members (excludes halogenated alkanes) is 1. The van der Waals surface area contributed by atoms with Crippen LogP contribution >= 0.6 is 0 Å². The number of hydrogen-bond acceptors (Lipinski definition) is 2. The zero-order valence-electron chi connectivity index (χ0n) is 8.55. The molecule has 0 aliphatic carbocycles. The van der Waals surface area contributed by atoms with Gasteiger partial charge < -0.3 is 16.4 Å². The van der Waals surface area contributed by atoms with E-state index >= 15 is 0 Å². The molecular weight excluding hydrogens is 178 g/mol. The minimum absolute atomic E-state index is 0.0625. The summed E-state index contributed by atoms with van der Waals surface area (Å²) in [6.45, 7) is 3.83. The highest BCUT2D eigenvalue weighted by Gasteiger charge is 2.13. The molecule has 1 saturated heterocycles. The summed E-state index contributed by atoms with van der Waals surface area (Å²) in [6, 6.07) is 0.607. The first kappa shape index (κ1) is 11.3. The Kier molecular flexibility index (Phi) is 5.32. The fraction of sp³-hybridized carbons (Fsp3) is 0.889. The molecule has 0 spiro atoms. The summed E-state index contributed by atoms with van der Waals surface area (Å²) in [5.74, 6) is 0.0625. The Balaban J connectivity index is 1.82. The van der Waals surface area contributed by atoms with Gasteiger partial charge in [0.05, 0.1) is 0 Å². The summed E-state index contributed by atoms with van der Waals surface area (Å²) in [7, 11) is 0. The van der Waals surface area contributed by atoms with Crippen LogP contribution in [-0.4, -0.2) is 38.2 Å². The summed E-state index contributed by atoms with van der Waals surface area (Å²) in [6.07, 6.45) is 3.36. The third kappa shape index (κ3) is 5.04. The Morgan fingerprint density at radius 2 is 2.21 bits per heavy atom. The molecule has 1 radical (unpaired) electrons. The van der Waals surface area contributed by atoms with E-state index in [4.69, 9.17) is 11.1 Å². The Bertz CT molecular complexity index is 165. The summed E-state index contributed by atoms with van der Waals surface area (Å²) in [4.78, 5) is 0. The predicted molar refractivity (Wildman–Crippen MR) is 57.4 cm³/mol. The lowest BCUT2D eigenvalue weighted by molar-refractivity contribution is 0.524. The molecule has 1 fully saturated rings. The van der Waals surface area contributed by atoms with Crippen molar-refractivity contribution in [1.82, 2.24) is 16.0 Å². The second-order valence-electron chi connectivity index (χ2n) is 3.62. The van der Waals surface area contributed by atoms with E-state index in [1.54, 1.807) is 0 Å². The maximum Gasteiger partial charge on any atom is 0.185 e. The van der Waals surface area contributed by atoms with Gasteiger partial charge in [-0.2, -0.15) is 0 Å². The summed E-state index contributed by atoms with van der Waals surface area (Å²) in [5.41, 5.74) is 5.15. The maximum absolute atomic E-state index is 6.95. The molecule has 81 valence electrons. The van der Waals surface area contributed by atoms with E-state index < -0.39 is 0 Å². The van der Waals surface area contributed by atoms with Crippen LogP contribution in [0.2, 0.25) is 0 Å². The highest BCUT2D eigenvalue weighted by atomic mass is 15.0. The van der Waals surface area contributed by atoms with Gasteiger partial charge in [0.1, 0.15) is 0 Å². The molecule has 14 heavy (non-hydrogen) atoms. The first-order valence-corrected chi connectivity index (χ1v) is 5.23. The zero-order valence-corrected chi connectivity index (χ0v) is 8.55. The van der Waals surface area contributed by atoms with Crippen LogP contribution in [0.5, 0.6) is 0 Å². The van der Waals surface area contributed by atoms with Gasteiger partial charge in [0.25, 0.3) is 0 Å². The lowest BCUT2D eigenvalue weighted by atomic mass is 10.2. The molecule has 1 rings (SSSR count). The Morgan fingerprint density at radius 3 is 2.86 bits per heavy atom. The van der Waals surface area contributed by atoms with E-state index in [0.29, 0.717) is 6.04 Å². The first-order chi connectivity index (χ1) is 6.79. The zero-order chi connectivity index (χ0) is 10.2. The molecule has 1 aliphatic rings. The molecule has 0 aromatic heterocycles. The monoisotopic (exact) mass is 198 g/mol. The second kappa shape index (κ2) is 6.62. The lowest BCUT2D eigenvalue weighted by Crippen LogP contribution is -2.33. The van der Waals surface area contributed by atoms with Gasteiger partial charge in [-0.05, 0) is 25.8 Å². The van der Waals surface area contributed by atoms with Gasteiger partial charge >= 0.3 is 0 Å². The fourth-order valence-electron chi connectivity index (χ4n) is 1.53. The predicted octanol–water partition coefficient (Wildman–Crippen LogP) is -0.784. The van der Waals surface area contributed by atoms with E-state index in [9.17, 15) is 0 Å². The van der Waals surface area contributed by atoms with Crippen molar-refractivity contribution in [3.05, 3.63) is 0 Å². The number of guanidine groups is 1. The summed E-state index contributed by atoms with van der Waals surface area (Å²) < 4.78 is 0. The standard InChI is InChI=1S/C9H20N5/c10-9(11)14-5-2-1-4-13-8-3-6-12-7-8/h8,13H,1-7H2,(H4,10,11,14). The molecule has 0 saturated carbocycles. The normalized spacial score (nSPS) is 21.0. The van der Waals surface area contributed by atoms with Crippen molar-refractivity contribution in [3.63, 3.8) is 0 Å². The van der Waals surface area contributed by atoms with Crippen molar-refractivity contribution < 1.29 is 0 Å². The van der Waals surface area contributed by atoms with Gasteiger partial charge in [-0.3, -0.25) is 5.41 Å². The molecular formula is C9H20N5. The molecule has 1 unspecified atom stereocenters. The van der Waals surface area contributed by atoms with Crippen LogP contribution in [0.3, 0.4) is 0 Å². The average Bonchev–Trinajstić information content (AvgIpc) is 2.63. The Labute approximate surface area is 85.3 Å². The Morgan fingerprint density at radius 1 is 1.43 bits per heavy atom. The van der Waals surface area contributed by atoms with Crippen molar-refractivity contribution in [3.8, 4) is 0 Å². The number of nitrogens with zero attached hydrogens (tertiary/aromatic N) is 1. The van der Waals surface area contributed by atoms with Crippen LogP contribution in [-0.2, 0) is 0 Å². The molecule has 0 aromatic rings. The van der Waals surface area contributed by atoms with Crippen LogP contribution in [0, 0.1) is 5.41 Å². The van der Waals surface area contributed by atoms with Gasteiger partial charge in [-0.25, -0.2) is 5.32 Å². The highest BCUT2D eigenvalue weighted by molar-refractivity contribution is 5.74. The number of hydrogen-bond donors (Lipinski definition) is 4. The molecule has 0 bridgehead atoms. The minimum Gasteiger partial charge on any atom is -0.370 e. The molecule has 5 N–H and O–H groups in total. The van der Waals surface area contributed by atoms with Crippen LogP contribution in [0.15, 0.2) is 0 Å². The molecule has 0 amide bonds. The van der Waals surface area contributed by atoms with Crippen molar-refractivity contribution in [2.45, 2.75) is 25.3 Å². The molecule has 1 aliphatic heterocycles. The van der Waals surface area contributed by atoms with Crippen LogP contribution in [0.1, 0.15) is 19.3 Å². The third-order valence-electron chi connectivity index (χ3n) is 2.34. The van der Waals surface area contributed by atoms with Crippen molar-refractivity contribution in [2.75, 3.05) is 26.2 Å². The fourth-order valence-corrected chi connectivity index (χ4v) is 1.53. The average molecular weight is 198 g/mol. The van der Waals surface area contributed by atoms with Crippen LogP contribution in [0.4, 0.5) is 0 Å². The van der Waals surface area contributed by atoms with Crippen LogP contribution in [0.25, 0.3) is 0 Å². The molecule has 5 nitrogen and oxygen atoms in total. The van der Waals surface area contributed by atoms with Crippen molar-refractivity contribution in [1.29, 1.82) is 5.41 Å².